The first-order valence-corrected chi connectivity index (χ1v) is 6.03. The largest absolute Gasteiger partial charge is 0.461 e. The van der Waals surface area contributed by atoms with Crippen molar-refractivity contribution in [1.29, 1.82) is 0 Å². The van der Waals surface area contributed by atoms with Gasteiger partial charge in [-0.1, -0.05) is 0 Å². The van der Waals surface area contributed by atoms with E-state index in [4.69, 9.17) is 4.74 Å². The maximum atomic E-state index is 11.5. The molecule has 2 aromatic rings. The summed E-state index contributed by atoms with van der Waals surface area (Å²) in [6, 6.07) is 1.71. The van der Waals surface area contributed by atoms with Gasteiger partial charge in [-0.25, -0.2) is 14.3 Å². The SMILES string of the molecule is CCOC(=O)c1cc2c(SC)cncn2n1. The maximum Gasteiger partial charge on any atom is 0.358 e. The number of carbonyl (C=O) groups is 1. The summed E-state index contributed by atoms with van der Waals surface area (Å²) in [6.07, 6.45) is 5.27. The number of esters is 1. The number of hydrogen-bond donors (Lipinski definition) is 0. The van der Waals surface area contributed by atoms with E-state index in [1.165, 1.54) is 0 Å². The molecule has 16 heavy (non-hydrogen) atoms. The lowest BCUT2D eigenvalue weighted by Gasteiger charge is -1.96. The van der Waals surface area contributed by atoms with Crippen molar-refractivity contribution in [3.8, 4) is 0 Å². The third kappa shape index (κ3) is 1.88. The number of rotatable bonds is 3. The van der Waals surface area contributed by atoms with Crippen LogP contribution in [0, 0.1) is 0 Å². The molecule has 5 nitrogen and oxygen atoms in total. The fourth-order valence-corrected chi connectivity index (χ4v) is 1.89. The number of aromatic nitrogens is 3. The molecule has 0 atom stereocenters. The highest BCUT2D eigenvalue weighted by Gasteiger charge is 2.13. The zero-order valence-corrected chi connectivity index (χ0v) is 9.82. The van der Waals surface area contributed by atoms with Gasteiger partial charge < -0.3 is 4.74 Å². The summed E-state index contributed by atoms with van der Waals surface area (Å²) in [4.78, 5) is 16.5. The lowest BCUT2D eigenvalue weighted by molar-refractivity contribution is 0.0519. The molecule has 0 aliphatic carbocycles. The van der Waals surface area contributed by atoms with E-state index < -0.39 is 5.97 Å². The van der Waals surface area contributed by atoms with Crippen LogP contribution in [0.2, 0.25) is 0 Å². The molecular formula is C10H11N3O2S. The van der Waals surface area contributed by atoms with E-state index in [0.29, 0.717) is 12.3 Å². The topological polar surface area (TPSA) is 56.5 Å². The van der Waals surface area contributed by atoms with Crippen LogP contribution in [-0.4, -0.2) is 33.4 Å². The summed E-state index contributed by atoms with van der Waals surface area (Å²) in [5.41, 5.74) is 1.18. The molecule has 2 heterocycles. The number of hydrogen-bond acceptors (Lipinski definition) is 5. The number of carbonyl (C=O) groups excluding carboxylic acids is 1. The van der Waals surface area contributed by atoms with Gasteiger partial charge in [-0.05, 0) is 13.2 Å². The van der Waals surface area contributed by atoms with Crippen molar-refractivity contribution in [2.24, 2.45) is 0 Å². The second-order valence-corrected chi connectivity index (χ2v) is 3.89. The third-order valence-corrected chi connectivity index (χ3v) is 2.81. The number of fused-ring (bicyclic) bond motifs is 1. The van der Waals surface area contributed by atoms with Crippen LogP contribution in [0.25, 0.3) is 5.52 Å². The lowest BCUT2D eigenvalue weighted by atomic mass is 10.4. The highest BCUT2D eigenvalue weighted by molar-refractivity contribution is 7.98. The predicted molar refractivity (Wildman–Crippen MR) is 60.7 cm³/mol. The van der Waals surface area contributed by atoms with Crippen molar-refractivity contribution in [3.05, 3.63) is 24.3 Å². The molecule has 6 heteroatoms. The van der Waals surface area contributed by atoms with Gasteiger partial charge in [0.05, 0.1) is 17.0 Å². The summed E-state index contributed by atoms with van der Waals surface area (Å²) in [6.45, 7) is 2.11. The monoisotopic (exact) mass is 237 g/mol. The molecule has 0 spiro atoms. The molecule has 0 amide bonds. The summed E-state index contributed by atoms with van der Waals surface area (Å²) < 4.78 is 6.47. The molecule has 0 radical (unpaired) electrons. The summed E-state index contributed by atoms with van der Waals surface area (Å²) in [7, 11) is 0. The first-order valence-electron chi connectivity index (χ1n) is 4.80. The quantitative estimate of drug-likeness (QED) is 0.600. The molecule has 2 aromatic heterocycles. The van der Waals surface area contributed by atoms with E-state index in [0.717, 1.165) is 10.4 Å². The predicted octanol–water partition coefficient (Wildman–Crippen LogP) is 1.63. The Labute approximate surface area is 96.8 Å². The Balaban J connectivity index is 2.47. The van der Waals surface area contributed by atoms with Crippen molar-refractivity contribution in [2.75, 3.05) is 12.9 Å². The van der Waals surface area contributed by atoms with E-state index in [2.05, 4.69) is 10.1 Å². The molecule has 0 saturated heterocycles. The van der Waals surface area contributed by atoms with Crippen LogP contribution in [0.5, 0.6) is 0 Å². The first kappa shape index (κ1) is 10.9. The minimum Gasteiger partial charge on any atom is -0.461 e. The maximum absolute atomic E-state index is 11.5. The average molecular weight is 237 g/mol. The van der Waals surface area contributed by atoms with Gasteiger partial charge in [0.2, 0.25) is 0 Å². The van der Waals surface area contributed by atoms with Gasteiger partial charge in [0.15, 0.2) is 5.69 Å². The Hall–Kier alpha value is -1.56. The summed E-state index contributed by atoms with van der Waals surface area (Å²) in [5, 5.41) is 4.11. The zero-order valence-electron chi connectivity index (χ0n) is 9.01. The van der Waals surface area contributed by atoms with Crippen LogP contribution >= 0.6 is 11.8 Å². The number of thioether (sulfide) groups is 1. The Morgan fingerprint density at radius 1 is 1.62 bits per heavy atom. The minimum absolute atomic E-state index is 0.310. The molecule has 0 aliphatic heterocycles. The average Bonchev–Trinajstić information content (AvgIpc) is 2.72. The summed E-state index contributed by atoms with van der Waals surface area (Å²) in [5.74, 6) is -0.404. The van der Waals surface area contributed by atoms with Gasteiger partial charge in [0.1, 0.15) is 6.33 Å². The van der Waals surface area contributed by atoms with Gasteiger partial charge in [-0.2, -0.15) is 5.10 Å². The van der Waals surface area contributed by atoms with Crippen LogP contribution in [-0.2, 0) is 4.74 Å². The minimum atomic E-state index is -0.404. The van der Waals surface area contributed by atoms with Gasteiger partial charge in [-0.15, -0.1) is 11.8 Å². The molecule has 2 rings (SSSR count). The molecule has 0 unspecified atom stereocenters. The van der Waals surface area contributed by atoms with Crippen LogP contribution in [0.1, 0.15) is 17.4 Å². The van der Waals surface area contributed by atoms with E-state index in [1.54, 1.807) is 41.8 Å². The van der Waals surface area contributed by atoms with E-state index >= 15 is 0 Å². The molecule has 0 bridgehead atoms. The smallest absolute Gasteiger partial charge is 0.358 e. The first-order chi connectivity index (χ1) is 7.76. The van der Waals surface area contributed by atoms with Crippen molar-refractivity contribution in [2.45, 2.75) is 11.8 Å². The van der Waals surface area contributed by atoms with Crippen LogP contribution in [0.4, 0.5) is 0 Å². The van der Waals surface area contributed by atoms with Gasteiger partial charge in [-0.3, -0.25) is 0 Å². The molecule has 0 N–H and O–H groups in total. The van der Waals surface area contributed by atoms with Crippen LogP contribution in [0.15, 0.2) is 23.5 Å². The van der Waals surface area contributed by atoms with Gasteiger partial charge in [0.25, 0.3) is 0 Å². The van der Waals surface area contributed by atoms with Crippen molar-refractivity contribution in [3.63, 3.8) is 0 Å². The second-order valence-electron chi connectivity index (χ2n) is 3.04. The highest BCUT2D eigenvalue weighted by atomic mass is 32.2. The molecule has 0 saturated carbocycles. The van der Waals surface area contributed by atoms with E-state index in [1.807, 2.05) is 6.26 Å². The van der Waals surface area contributed by atoms with Gasteiger partial charge in [0, 0.05) is 12.3 Å². The normalized spacial score (nSPS) is 10.6. The molecular weight excluding hydrogens is 226 g/mol. The Morgan fingerprint density at radius 3 is 3.12 bits per heavy atom. The molecule has 0 aromatic carbocycles. The fraction of sp³-hybridized carbons (Fsp3) is 0.300. The number of ether oxygens (including phenoxy) is 1. The third-order valence-electron chi connectivity index (χ3n) is 2.06. The Bertz CT molecular complexity index is 524. The Morgan fingerprint density at radius 2 is 2.44 bits per heavy atom. The highest BCUT2D eigenvalue weighted by Crippen LogP contribution is 2.20. The van der Waals surface area contributed by atoms with Gasteiger partial charge >= 0.3 is 5.97 Å². The standard InChI is InChI=1S/C10H11N3O2S/c1-3-15-10(14)7-4-8-9(16-2)5-11-6-13(8)12-7/h4-6H,3H2,1-2H3. The molecule has 0 aliphatic rings. The lowest BCUT2D eigenvalue weighted by Crippen LogP contribution is -2.05. The van der Waals surface area contributed by atoms with Crippen molar-refractivity contribution >= 4 is 23.2 Å². The van der Waals surface area contributed by atoms with Crippen molar-refractivity contribution in [1.82, 2.24) is 14.6 Å². The van der Waals surface area contributed by atoms with Crippen LogP contribution < -0.4 is 0 Å². The van der Waals surface area contributed by atoms with Crippen LogP contribution in [0.3, 0.4) is 0 Å². The van der Waals surface area contributed by atoms with E-state index in [9.17, 15) is 4.79 Å². The van der Waals surface area contributed by atoms with E-state index in [-0.39, 0.29) is 0 Å². The number of nitrogens with zero attached hydrogens (tertiary/aromatic N) is 3. The zero-order chi connectivity index (χ0) is 11.5. The van der Waals surface area contributed by atoms with Crippen molar-refractivity contribution < 1.29 is 9.53 Å². The second kappa shape index (κ2) is 4.52. The molecule has 0 fully saturated rings. The summed E-state index contributed by atoms with van der Waals surface area (Å²) >= 11 is 1.56. The fourth-order valence-electron chi connectivity index (χ4n) is 1.36. The Kier molecular flexibility index (Phi) is 3.09. The molecule has 84 valence electrons.